The lowest BCUT2D eigenvalue weighted by atomic mass is 10.6. The second-order valence-electron chi connectivity index (χ2n) is 3.41. The first-order valence-electron chi connectivity index (χ1n) is 4.59. The number of hydrogen-bond donors (Lipinski definition) is 2. The first-order valence-corrected chi connectivity index (χ1v) is 4.59. The van der Waals surface area contributed by atoms with Crippen molar-refractivity contribution in [3.63, 3.8) is 0 Å². The third-order valence-corrected chi connectivity index (χ3v) is 2.15. The van der Waals surface area contributed by atoms with Crippen LogP contribution in [0.2, 0.25) is 0 Å². The summed E-state index contributed by atoms with van der Waals surface area (Å²) in [6.07, 6.45) is -2.76. The molecule has 0 radical (unpaired) electrons. The van der Waals surface area contributed by atoms with Gasteiger partial charge in [0.25, 0.3) is 0 Å². The minimum absolute atomic E-state index is 0.480. The zero-order valence-electron chi connectivity index (χ0n) is 9.12. The van der Waals surface area contributed by atoms with E-state index in [0.29, 0.717) is 13.7 Å². The maximum absolute atomic E-state index is 11.6. The molecule has 0 bridgehead atoms. The molecule has 0 saturated carbocycles. The largest absolute Gasteiger partial charge is 0.373 e. The smallest absolute Gasteiger partial charge is 0.340 e. The van der Waals surface area contributed by atoms with Crippen molar-refractivity contribution in [2.75, 3.05) is 0 Å². The van der Waals surface area contributed by atoms with Gasteiger partial charge in [-0.15, -0.1) is 0 Å². The molecular formula is C8H13N3O5. The molecule has 0 saturated heterocycles. The number of rotatable bonds is 2. The van der Waals surface area contributed by atoms with E-state index in [1.165, 1.54) is 13.8 Å². The summed E-state index contributed by atoms with van der Waals surface area (Å²) >= 11 is 0. The van der Waals surface area contributed by atoms with Gasteiger partial charge in [-0.3, -0.25) is 0 Å². The van der Waals surface area contributed by atoms with Gasteiger partial charge >= 0.3 is 17.1 Å². The highest BCUT2D eigenvalue weighted by Gasteiger charge is 2.18. The van der Waals surface area contributed by atoms with Crippen LogP contribution in [0.1, 0.15) is 26.3 Å². The molecule has 0 spiro atoms. The van der Waals surface area contributed by atoms with E-state index in [1.54, 1.807) is 0 Å². The van der Waals surface area contributed by atoms with E-state index in [4.69, 9.17) is 0 Å². The number of nitrogens with zero attached hydrogens (tertiary/aromatic N) is 3. The van der Waals surface area contributed by atoms with Crippen molar-refractivity contribution >= 4 is 0 Å². The predicted molar refractivity (Wildman–Crippen MR) is 54.1 cm³/mol. The molecule has 0 aliphatic rings. The fraction of sp³-hybridized carbons (Fsp3) is 0.625. The molecule has 2 unspecified atom stereocenters. The summed E-state index contributed by atoms with van der Waals surface area (Å²) in [6, 6.07) is 0. The molecule has 0 aliphatic heterocycles. The quantitative estimate of drug-likeness (QED) is 0.597. The highest BCUT2D eigenvalue weighted by Crippen LogP contribution is 1.92. The molecule has 16 heavy (non-hydrogen) atoms. The van der Waals surface area contributed by atoms with E-state index in [9.17, 15) is 24.6 Å². The van der Waals surface area contributed by atoms with Crippen molar-refractivity contribution < 1.29 is 10.2 Å². The van der Waals surface area contributed by atoms with Crippen LogP contribution in [0.25, 0.3) is 0 Å². The lowest BCUT2D eigenvalue weighted by Gasteiger charge is -2.14. The molecule has 0 amide bonds. The zero-order valence-corrected chi connectivity index (χ0v) is 9.12. The van der Waals surface area contributed by atoms with E-state index >= 15 is 0 Å². The zero-order chi connectivity index (χ0) is 12.6. The summed E-state index contributed by atoms with van der Waals surface area (Å²) in [5.74, 6) is 0. The molecule has 1 aromatic heterocycles. The molecular weight excluding hydrogens is 218 g/mol. The molecule has 0 fully saturated rings. The normalized spacial score (nSPS) is 14.8. The predicted octanol–water partition coefficient (Wildman–Crippen LogP) is -2.27. The summed E-state index contributed by atoms with van der Waals surface area (Å²) in [5, 5.41) is 18.5. The van der Waals surface area contributed by atoms with Crippen LogP contribution in [0.5, 0.6) is 0 Å². The topological polar surface area (TPSA) is 106 Å². The maximum atomic E-state index is 11.6. The molecule has 0 aromatic carbocycles. The second-order valence-corrected chi connectivity index (χ2v) is 3.41. The van der Waals surface area contributed by atoms with Crippen molar-refractivity contribution in [1.82, 2.24) is 13.7 Å². The monoisotopic (exact) mass is 231 g/mol. The van der Waals surface area contributed by atoms with Gasteiger partial charge in [-0.05, 0) is 13.8 Å². The van der Waals surface area contributed by atoms with Gasteiger partial charge < -0.3 is 10.2 Å². The van der Waals surface area contributed by atoms with Gasteiger partial charge in [-0.2, -0.15) is 0 Å². The number of hydrogen-bond acceptors (Lipinski definition) is 5. The summed E-state index contributed by atoms with van der Waals surface area (Å²) in [4.78, 5) is 34.6. The first-order chi connectivity index (χ1) is 7.29. The van der Waals surface area contributed by atoms with Crippen LogP contribution in [0, 0.1) is 0 Å². The van der Waals surface area contributed by atoms with E-state index in [0.717, 1.165) is 7.05 Å². The Bertz CT molecular complexity index is 516. The maximum Gasteiger partial charge on any atom is 0.340 e. The Morgan fingerprint density at radius 3 is 1.44 bits per heavy atom. The summed E-state index contributed by atoms with van der Waals surface area (Å²) in [5.41, 5.74) is -2.90. The van der Waals surface area contributed by atoms with Crippen molar-refractivity contribution in [2.24, 2.45) is 7.05 Å². The van der Waals surface area contributed by atoms with Crippen LogP contribution in [0.3, 0.4) is 0 Å². The summed E-state index contributed by atoms with van der Waals surface area (Å²) < 4.78 is 1.60. The fourth-order valence-corrected chi connectivity index (χ4v) is 1.32. The van der Waals surface area contributed by atoms with Crippen LogP contribution in [-0.4, -0.2) is 23.9 Å². The number of aromatic nitrogens is 3. The third-order valence-electron chi connectivity index (χ3n) is 2.15. The Morgan fingerprint density at radius 2 is 1.19 bits per heavy atom. The van der Waals surface area contributed by atoms with E-state index < -0.39 is 29.5 Å². The van der Waals surface area contributed by atoms with Crippen molar-refractivity contribution in [1.29, 1.82) is 0 Å². The van der Waals surface area contributed by atoms with Crippen LogP contribution in [-0.2, 0) is 7.05 Å². The van der Waals surface area contributed by atoms with Gasteiger partial charge in [0.1, 0.15) is 12.5 Å². The van der Waals surface area contributed by atoms with E-state index in [1.807, 2.05) is 0 Å². The summed E-state index contributed by atoms with van der Waals surface area (Å²) in [6.45, 7) is 2.42. The highest BCUT2D eigenvalue weighted by atomic mass is 16.3. The molecule has 2 atom stereocenters. The van der Waals surface area contributed by atoms with Crippen molar-refractivity contribution in [2.45, 2.75) is 26.3 Å². The first kappa shape index (κ1) is 12.4. The Morgan fingerprint density at radius 1 is 0.875 bits per heavy atom. The molecule has 8 nitrogen and oxygen atoms in total. The molecule has 1 aromatic rings. The van der Waals surface area contributed by atoms with Crippen molar-refractivity contribution in [3.8, 4) is 0 Å². The summed E-state index contributed by atoms with van der Waals surface area (Å²) in [7, 11) is 1.15. The minimum atomic E-state index is -1.38. The molecule has 2 N–H and O–H groups in total. The van der Waals surface area contributed by atoms with E-state index in [2.05, 4.69) is 0 Å². The SMILES string of the molecule is CC(O)n1c(=O)n(C)c(=O)n(C(C)O)c1=O. The molecule has 1 heterocycles. The van der Waals surface area contributed by atoms with Gasteiger partial charge in [0, 0.05) is 7.05 Å². The van der Waals surface area contributed by atoms with Gasteiger partial charge in [-0.25, -0.2) is 28.1 Å². The fourth-order valence-electron chi connectivity index (χ4n) is 1.32. The highest BCUT2D eigenvalue weighted by molar-refractivity contribution is 4.79. The van der Waals surface area contributed by atoms with Crippen molar-refractivity contribution in [3.05, 3.63) is 31.5 Å². The number of aliphatic hydroxyl groups is 2. The number of aliphatic hydroxyl groups excluding tert-OH is 2. The van der Waals surface area contributed by atoms with Crippen LogP contribution >= 0.6 is 0 Å². The van der Waals surface area contributed by atoms with Gasteiger partial charge in [0.05, 0.1) is 0 Å². The van der Waals surface area contributed by atoms with Crippen LogP contribution < -0.4 is 17.1 Å². The lowest BCUT2D eigenvalue weighted by molar-refractivity contribution is 0.0817. The van der Waals surface area contributed by atoms with Gasteiger partial charge in [-0.1, -0.05) is 0 Å². The molecule has 1 rings (SSSR count). The Balaban J connectivity index is 3.89. The Kier molecular flexibility index (Phi) is 3.15. The Hall–Kier alpha value is -1.67. The second kappa shape index (κ2) is 4.06. The third kappa shape index (κ3) is 1.72. The average molecular weight is 231 g/mol. The minimum Gasteiger partial charge on any atom is -0.373 e. The van der Waals surface area contributed by atoms with E-state index in [-0.39, 0.29) is 0 Å². The molecule has 90 valence electrons. The lowest BCUT2D eigenvalue weighted by Crippen LogP contribution is -2.55. The van der Waals surface area contributed by atoms with Crippen LogP contribution in [0.4, 0.5) is 0 Å². The molecule has 0 aliphatic carbocycles. The Labute approximate surface area is 89.6 Å². The van der Waals surface area contributed by atoms with Gasteiger partial charge in [0.2, 0.25) is 0 Å². The molecule has 8 heteroatoms. The van der Waals surface area contributed by atoms with Crippen LogP contribution in [0.15, 0.2) is 14.4 Å². The average Bonchev–Trinajstić information content (AvgIpc) is 2.13. The van der Waals surface area contributed by atoms with Gasteiger partial charge in [0.15, 0.2) is 0 Å². The standard InChI is InChI=1S/C8H13N3O5/c1-4(12)10-6(14)9(3)7(15)11(5(2)13)8(10)16/h4-5,12-13H,1-3H3.